The van der Waals surface area contributed by atoms with E-state index >= 15 is 0 Å². The molecule has 1 heteroatoms. The van der Waals surface area contributed by atoms with Crippen LogP contribution in [0, 0.1) is 0 Å². The molecule has 2 spiro atoms. The molecular weight excluding hydrogens is 735 g/mol. The van der Waals surface area contributed by atoms with Gasteiger partial charge in [0, 0.05) is 17.1 Å². The van der Waals surface area contributed by atoms with Crippen LogP contribution in [-0.4, -0.2) is 0 Å². The predicted octanol–water partition coefficient (Wildman–Crippen LogP) is 15.0. The molecule has 0 aliphatic heterocycles. The molecule has 282 valence electrons. The fourth-order valence-corrected chi connectivity index (χ4v) is 12.2. The first-order valence-corrected chi connectivity index (χ1v) is 21.4. The lowest BCUT2D eigenvalue weighted by molar-refractivity contribution is 0.793. The lowest BCUT2D eigenvalue weighted by Crippen LogP contribution is -2.26. The minimum absolute atomic E-state index is 0.389. The molecule has 0 bridgehead atoms. The first kappa shape index (κ1) is 33.1. The lowest BCUT2D eigenvalue weighted by atomic mass is 9.70. The number of benzene rings is 10. The van der Waals surface area contributed by atoms with Crippen LogP contribution in [0.5, 0.6) is 0 Å². The van der Waals surface area contributed by atoms with E-state index in [0.29, 0.717) is 0 Å². The van der Waals surface area contributed by atoms with Crippen molar-refractivity contribution in [2.45, 2.75) is 10.8 Å². The SMILES string of the molecule is c1ccc(N(c2ccc3c(c2)C2(c4ccccc4-c4ccccc42)c2ccccc2-3)c2ccc3cc4c(cc3c2)C2(c3ccccc3-c3ccccc32)c2ccccc2-4)cc1. The molecule has 4 aliphatic carbocycles. The van der Waals surface area contributed by atoms with Crippen LogP contribution in [-0.2, 0) is 10.8 Å². The minimum Gasteiger partial charge on any atom is -0.310 e. The van der Waals surface area contributed by atoms with Crippen LogP contribution >= 0.6 is 0 Å². The molecule has 10 aromatic carbocycles. The highest BCUT2D eigenvalue weighted by Gasteiger charge is 2.53. The average Bonchev–Trinajstić information content (AvgIpc) is 4.00. The highest BCUT2D eigenvalue weighted by atomic mass is 15.1. The zero-order valence-corrected chi connectivity index (χ0v) is 33.3. The van der Waals surface area contributed by atoms with Crippen molar-refractivity contribution in [3.8, 4) is 44.5 Å². The van der Waals surface area contributed by atoms with Gasteiger partial charge in [0.25, 0.3) is 0 Å². The summed E-state index contributed by atoms with van der Waals surface area (Å²) in [7, 11) is 0. The standard InChI is InChI=1S/C60H37N/c1-2-16-40(17-3-1)61(42-32-33-49-47-22-8-14-28-55(47)60(58(49)37-42)53-26-12-6-20-45(53)46-21-7-13-27-54(46)60)41-31-30-38-35-50-48-23-9-15-29-56(48)59(57(50)36-39(38)34-41)51-24-10-4-18-43(51)44-19-5-11-25-52(44)59/h1-37H. The quantitative estimate of drug-likeness (QED) is 0.173. The minimum atomic E-state index is -0.418. The van der Waals surface area contributed by atoms with Crippen LogP contribution in [0.1, 0.15) is 44.5 Å². The van der Waals surface area contributed by atoms with E-state index in [9.17, 15) is 0 Å². The molecule has 10 aromatic rings. The molecule has 0 fully saturated rings. The fourth-order valence-electron chi connectivity index (χ4n) is 12.2. The third-order valence-corrected chi connectivity index (χ3v) is 14.4. The summed E-state index contributed by atoms with van der Waals surface area (Å²) in [6.45, 7) is 0. The Morgan fingerprint density at radius 2 is 0.574 bits per heavy atom. The molecule has 0 saturated heterocycles. The van der Waals surface area contributed by atoms with Crippen LogP contribution in [0.3, 0.4) is 0 Å². The van der Waals surface area contributed by atoms with E-state index < -0.39 is 5.41 Å². The van der Waals surface area contributed by atoms with Crippen molar-refractivity contribution >= 4 is 27.8 Å². The predicted molar refractivity (Wildman–Crippen MR) is 251 cm³/mol. The summed E-state index contributed by atoms with van der Waals surface area (Å²) in [5, 5.41) is 2.47. The van der Waals surface area contributed by atoms with Crippen LogP contribution in [0.15, 0.2) is 224 Å². The zero-order valence-electron chi connectivity index (χ0n) is 33.3. The molecule has 1 nitrogen and oxygen atoms in total. The maximum absolute atomic E-state index is 2.51. The van der Waals surface area contributed by atoms with Gasteiger partial charge in [0.05, 0.1) is 10.8 Å². The summed E-state index contributed by atoms with van der Waals surface area (Å²) in [5.41, 5.74) is 24.0. The van der Waals surface area contributed by atoms with Crippen molar-refractivity contribution < 1.29 is 0 Å². The molecule has 0 radical (unpaired) electrons. The Morgan fingerprint density at radius 3 is 1.05 bits per heavy atom. The summed E-state index contributed by atoms with van der Waals surface area (Å²) >= 11 is 0. The highest BCUT2D eigenvalue weighted by molar-refractivity contribution is 6.02. The van der Waals surface area contributed by atoms with Gasteiger partial charge in [-0.3, -0.25) is 0 Å². The van der Waals surface area contributed by atoms with Gasteiger partial charge in [-0.05, 0) is 148 Å². The van der Waals surface area contributed by atoms with Crippen molar-refractivity contribution in [3.05, 3.63) is 269 Å². The van der Waals surface area contributed by atoms with Gasteiger partial charge in [-0.1, -0.05) is 176 Å². The summed E-state index contributed by atoms with van der Waals surface area (Å²) in [5.74, 6) is 0. The maximum atomic E-state index is 2.51. The third kappa shape index (κ3) is 4.06. The molecule has 14 rings (SSSR count). The van der Waals surface area contributed by atoms with Gasteiger partial charge in [0.1, 0.15) is 0 Å². The second-order valence-electron chi connectivity index (χ2n) is 17.1. The smallest absolute Gasteiger partial charge is 0.0726 e. The monoisotopic (exact) mass is 771 g/mol. The Labute approximate surface area is 355 Å². The molecule has 0 aromatic heterocycles. The Morgan fingerprint density at radius 1 is 0.213 bits per heavy atom. The number of anilines is 3. The molecule has 0 heterocycles. The molecule has 0 saturated carbocycles. The van der Waals surface area contributed by atoms with Gasteiger partial charge in [-0.2, -0.15) is 0 Å². The van der Waals surface area contributed by atoms with E-state index in [1.165, 1.54) is 99.8 Å². The van der Waals surface area contributed by atoms with E-state index in [4.69, 9.17) is 0 Å². The summed E-state index contributed by atoms with van der Waals surface area (Å²) in [6, 6.07) is 84.6. The highest BCUT2D eigenvalue weighted by Crippen LogP contribution is 2.65. The normalized spacial score (nSPS) is 14.5. The second kappa shape index (κ2) is 11.9. The topological polar surface area (TPSA) is 3.24 Å². The zero-order chi connectivity index (χ0) is 39.9. The first-order valence-electron chi connectivity index (χ1n) is 21.4. The molecule has 4 aliphatic rings. The lowest BCUT2D eigenvalue weighted by Gasteiger charge is -2.32. The van der Waals surface area contributed by atoms with Crippen molar-refractivity contribution in [1.29, 1.82) is 0 Å². The van der Waals surface area contributed by atoms with E-state index in [2.05, 4.69) is 229 Å². The Balaban J connectivity index is 1.00. The van der Waals surface area contributed by atoms with Crippen molar-refractivity contribution in [1.82, 2.24) is 0 Å². The number of rotatable bonds is 3. The molecular formula is C60H37N. The number of hydrogen-bond acceptors (Lipinski definition) is 1. The molecule has 0 amide bonds. The number of hydrogen-bond donors (Lipinski definition) is 0. The summed E-state index contributed by atoms with van der Waals surface area (Å²) in [4.78, 5) is 2.46. The van der Waals surface area contributed by atoms with Crippen LogP contribution in [0.25, 0.3) is 55.3 Å². The summed E-state index contributed by atoms with van der Waals surface area (Å²) in [6.07, 6.45) is 0. The third-order valence-electron chi connectivity index (χ3n) is 14.4. The van der Waals surface area contributed by atoms with Crippen LogP contribution in [0.4, 0.5) is 17.1 Å². The molecule has 0 N–H and O–H groups in total. The molecule has 0 unspecified atom stereocenters. The Kier molecular flexibility index (Phi) is 6.48. The van der Waals surface area contributed by atoms with Gasteiger partial charge in [0.2, 0.25) is 0 Å². The number of nitrogens with zero attached hydrogens (tertiary/aromatic N) is 1. The Hall–Kier alpha value is -7.74. The van der Waals surface area contributed by atoms with Gasteiger partial charge >= 0.3 is 0 Å². The first-order chi connectivity index (χ1) is 30.3. The molecule has 61 heavy (non-hydrogen) atoms. The van der Waals surface area contributed by atoms with Crippen LogP contribution in [0.2, 0.25) is 0 Å². The maximum Gasteiger partial charge on any atom is 0.0726 e. The van der Waals surface area contributed by atoms with E-state index in [1.807, 2.05) is 0 Å². The van der Waals surface area contributed by atoms with Crippen LogP contribution < -0.4 is 4.90 Å². The Bertz CT molecular complexity index is 3390. The van der Waals surface area contributed by atoms with Gasteiger partial charge in [-0.15, -0.1) is 0 Å². The largest absolute Gasteiger partial charge is 0.310 e. The van der Waals surface area contributed by atoms with Gasteiger partial charge < -0.3 is 4.90 Å². The van der Waals surface area contributed by atoms with Crippen molar-refractivity contribution in [3.63, 3.8) is 0 Å². The second-order valence-corrected chi connectivity index (χ2v) is 17.1. The average molecular weight is 772 g/mol. The number of para-hydroxylation sites is 1. The van der Waals surface area contributed by atoms with E-state index in [-0.39, 0.29) is 5.41 Å². The number of fused-ring (bicyclic) bond motifs is 21. The summed E-state index contributed by atoms with van der Waals surface area (Å²) < 4.78 is 0. The fraction of sp³-hybridized carbons (Fsp3) is 0.0333. The molecule has 0 atom stereocenters. The van der Waals surface area contributed by atoms with Gasteiger partial charge in [-0.25, -0.2) is 0 Å². The van der Waals surface area contributed by atoms with Gasteiger partial charge in [0.15, 0.2) is 0 Å². The van der Waals surface area contributed by atoms with Crippen molar-refractivity contribution in [2.24, 2.45) is 0 Å². The van der Waals surface area contributed by atoms with E-state index in [1.54, 1.807) is 0 Å². The van der Waals surface area contributed by atoms with Crippen molar-refractivity contribution in [2.75, 3.05) is 4.90 Å². The van der Waals surface area contributed by atoms with E-state index in [0.717, 1.165) is 17.1 Å².